The second-order valence-corrected chi connectivity index (χ2v) is 7.05. The van der Waals surface area contributed by atoms with Crippen molar-refractivity contribution in [3.8, 4) is 0 Å². The predicted octanol–water partition coefficient (Wildman–Crippen LogP) is 4.08. The quantitative estimate of drug-likeness (QED) is 0.232. The first-order chi connectivity index (χ1) is 13.6. The van der Waals surface area contributed by atoms with E-state index in [1.807, 2.05) is 24.3 Å². The Morgan fingerprint density at radius 2 is 1.59 bits per heavy atom. The highest BCUT2D eigenvalue weighted by molar-refractivity contribution is 14.0. The van der Waals surface area contributed by atoms with E-state index in [2.05, 4.69) is 46.0 Å². The maximum atomic E-state index is 11.9. The zero-order valence-electron chi connectivity index (χ0n) is 17.6. The molecule has 1 amide bonds. The average molecular weight is 508 g/mol. The summed E-state index contributed by atoms with van der Waals surface area (Å²) in [5, 5.41) is 6.68. The molecule has 0 heterocycles. The maximum absolute atomic E-state index is 11.9. The SMILES string of the molecule is CN=C(NCCCCCc1ccccc1)NCc1ccc(C(=O)N(C)C)cc1.I. The van der Waals surface area contributed by atoms with Gasteiger partial charge in [-0.25, -0.2) is 0 Å². The monoisotopic (exact) mass is 508 g/mol. The molecule has 0 unspecified atom stereocenters. The first-order valence-electron chi connectivity index (χ1n) is 9.89. The average Bonchev–Trinajstić information content (AvgIpc) is 2.73. The zero-order valence-corrected chi connectivity index (χ0v) is 20.0. The van der Waals surface area contributed by atoms with Gasteiger partial charge in [0, 0.05) is 39.8 Å². The van der Waals surface area contributed by atoms with E-state index in [1.54, 1.807) is 26.0 Å². The highest BCUT2D eigenvalue weighted by Crippen LogP contribution is 2.07. The lowest BCUT2D eigenvalue weighted by atomic mass is 10.1. The number of aryl methyl sites for hydroxylation is 1. The summed E-state index contributed by atoms with van der Waals surface area (Å²) < 4.78 is 0. The Hall–Kier alpha value is -2.09. The Morgan fingerprint density at radius 1 is 0.897 bits per heavy atom. The topological polar surface area (TPSA) is 56.7 Å². The first-order valence-corrected chi connectivity index (χ1v) is 9.89. The van der Waals surface area contributed by atoms with Crippen molar-refractivity contribution in [2.45, 2.75) is 32.2 Å². The maximum Gasteiger partial charge on any atom is 0.253 e. The van der Waals surface area contributed by atoms with Gasteiger partial charge in [-0.1, -0.05) is 48.9 Å². The van der Waals surface area contributed by atoms with Crippen LogP contribution >= 0.6 is 24.0 Å². The largest absolute Gasteiger partial charge is 0.356 e. The van der Waals surface area contributed by atoms with E-state index in [0.717, 1.165) is 30.9 Å². The number of aliphatic imine (C=N–C) groups is 1. The van der Waals surface area contributed by atoms with Crippen molar-refractivity contribution >= 4 is 35.8 Å². The Morgan fingerprint density at radius 3 is 2.21 bits per heavy atom. The van der Waals surface area contributed by atoms with E-state index < -0.39 is 0 Å². The van der Waals surface area contributed by atoms with Crippen LogP contribution in [-0.2, 0) is 13.0 Å². The van der Waals surface area contributed by atoms with Crippen LogP contribution in [0.5, 0.6) is 0 Å². The van der Waals surface area contributed by atoms with E-state index in [4.69, 9.17) is 0 Å². The van der Waals surface area contributed by atoms with E-state index in [-0.39, 0.29) is 29.9 Å². The molecule has 0 spiro atoms. The molecule has 2 aromatic rings. The number of guanidine groups is 1. The molecule has 0 bridgehead atoms. The fourth-order valence-electron chi connectivity index (χ4n) is 2.91. The van der Waals surface area contributed by atoms with Crippen LogP contribution in [0, 0.1) is 0 Å². The molecule has 0 aliphatic rings. The van der Waals surface area contributed by atoms with Crippen molar-refractivity contribution in [3.05, 3.63) is 71.3 Å². The molecule has 0 radical (unpaired) electrons. The lowest BCUT2D eigenvalue weighted by molar-refractivity contribution is 0.0827. The van der Waals surface area contributed by atoms with Crippen LogP contribution in [0.4, 0.5) is 0 Å². The van der Waals surface area contributed by atoms with Gasteiger partial charge in [-0.05, 0) is 42.5 Å². The minimum atomic E-state index is 0. The van der Waals surface area contributed by atoms with Crippen molar-refractivity contribution in [1.29, 1.82) is 0 Å². The molecular formula is C23H33IN4O. The third kappa shape index (κ3) is 9.30. The molecule has 0 fully saturated rings. The van der Waals surface area contributed by atoms with Crippen molar-refractivity contribution in [2.24, 2.45) is 4.99 Å². The van der Waals surface area contributed by atoms with Crippen LogP contribution in [0.2, 0.25) is 0 Å². The highest BCUT2D eigenvalue weighted by atomic mass is 127. The Balaban J connectivity index is 0.00000420. The molecule has 2 aromatic carbocycles. The first kappa shape index (κ1) is 24.9. The summed E-state index contributed by atoms with van der Waals surface area (Å²) in [7, 11) is 5.30. The molecule has 0 saturated carbocycles. The number of nitrogens with one attached hydrogen (secondary N) is 2. The van der Waals surface area contributed by atoms with Gasteiger partial charge < -0.3 is 15.5 Å². The van der Waals surface area contributed by atoms with Crippen LogP contribution < -0.4 is 10.6 Å². The summed E-state index contributed by atoms with van der Waals surface area (Å²) in [4.78, 5) is 17.8. The third-order valence-electron chi connectivity index (χ3n) is 4.57. The molecule has 5 nitrogen and oxygen atoms in total. The molecule has 6 heteroatoms. The van der Waals surface area contributed by atoms with E-state index in [0.29, 0.717) is 12.1 Å². The highest BCUT2D eigenvalue weighted by Gasteiger charge is 2.07. The Bertz CT molecular complexity index is 745. The zero-order chi connectivity index (χ0) is 20.2. The number of amides is 1. The summed E-state index contributed by atoms with van der Waals surface area (Å²) in [5.74, 6) is 0.820. The molecule has 0 aliphatic heterocycles. The fraction of sp³-hybridized carbons (Fsp3) is 0.391. The molecule has 0 aliphatic carbocycles. The number of carbonyl (C=O) groups excluding carboxylic acids is 1. The number of benzene rings is 2. The molecule has 0 saturated heterocycles. The van der Waals surface area contributed by atoms with Crippen LogP contribution in [0.1, 0.15) is 40.7 Å². The molecule has 2 rings (SSSR count). The summed E-state index contributed by atoms with van der Waals surface area (Å²) in [5.41, 5.74) is 3.22. The number of hydrogen-bond acceptors (Lipinski definition) is 2. The molecule has 0 atom stereocenters. The van der Waals surface area contributed by atoms with Crippen LogP contribution in [0.15, 0.2) is 59.6 Å². The standard InChI is InChI=1S/C23H32N4O.HI/c1-24-23(25-17-9-5-8-12-19-10-6-4-7-11-19)26-18-20-13-15-21(16-14-20)22(28)27(2)3;/h4,6-7,10-11,13-16H,5,8-9,12,17-18H2,1-3H3,(H2,24,25,26);1H. The van der Waals surface area contributed by atoms with Crippen LogP contribution in [0.25, 0.3) is 0 Å². The Kier molecular flexibility index (Phi) is 12.0. The van der Waals surface area contributed by atoms with Crippen LogP contribution in [0.3, 0.4) is 0 Å². The van der Waals surface area contributed by atoms with E-state index in [1.165, 1.54) is 18.4 Å². The molecule has 29 heavy (non-hydrogen) atoms. The van der Waals surface area contributed by atoms with E-state index in [9.17, 15) is 4.79 Å². The minimum absolute atomic E-state index is 0. The van der Waals surface area contributed by atoms with Crippen molar-refractivity contribution in [2.75, 3.05) is 27.7 Å². The van der Waals surface area contributed by atoms with Gasteiger partial charge >= 0.3 is 0 Å². The minimum Gasteiger partial charge on any atom is -0.356 e. The fourth-order valence-corrected chi connectivity index (χ4v) is 2.91. The predicted molar refractivity (Wildman–Crippen MR) is 132 cm³/mol. The van der Waals surface area contributed by atoms with Crippen molar-refractivity contribution in [3.63, 3.8) is 0 Å². The second kappa shape index (κ2) is 14.0. The number of rotatable bonds is 9. The van der Waals surface area contributed by atoms with Gasteiger partial charge in [0.2, 0.25) is 0 Å². The molecule has 0 aromatic heterocycles. The van der Waals surface area contributed by atoms with Crippen molar-refractivity contribution < 1.29 is 4.79 Å². The number of unbranched alkanes of at least 4 members (excludes halogenated alkanes) is 2. The lowest BCUT2D eigenvalue weighted by Crippen LogP contribution is -2.37. The van der Waals surface area contributed by atoms with Gasteiger partial charge in [0.25, 0.3) is 5.91 Å². The van der Waals surface area contributed by atoms with Gasteiger partial charge in [0.1, 0.15) is 0 Å². The number of halogens is 1. The third-order valence-corrected chi connectivity index (χ3v) is 4.57. The normalized spacial score (nSPS) is 10.8. The summed E-state index contributed by atoms with van der Waals surface area (Å²) in [6, 6.07) is 18.3. The van der Waals surface area contributed by atoms with Gasteiger partial charge in [-0.3, -0.25) is 9.79 Å². The number of nitrogens with zero attached hydrogens (tertiary/aromatic N) is 2. The molecule has 2 N–H and O–H groups in total. The second-order valence-electron chi connectivity index (χ2n) is 7.05. The molecular weight excluding hydrogens is 475 g/mol. The van der Waals surface area contributed by atoms with Gasteiger partial charge in [-0.15, -0.1) is 24.0 Å². The van der Waals surface area contributed by atoms with E-state index >= 15 is 0 Å². The van der Waals surface area contributed by atoms with Gasteiger partial charge in [0.05, 0.1) is 0 Å². The van der Waals surface area contributed by atoms with Gasteiger partial charge in [0.15, 0.2) is 5.96 Å². The van der Waals surface area contributed by atoms with Gasteiger partial charge in [-0.2, -0.15) is 0 Å². The number of carbonyl (C=O) groups is 1. The number of hydrogen-bond donors (Lipinski definition) is 2. The van der Waals surface area contributed by atoms with Crippen LogP contribution in [-0.4, -0.2) is 44.5 Å². The smallest absolute Gasteiger partial charge is 0.253 e. The summed E-state index contributed by atoms with van der Waals surface area (Å²) >= 11 is 0. The summed E-state index contributed by atoms with van der Waals surface area (Å²) in [6.45, 7) is 1.58. The molecule has 158 valence electrons. The Labute approximate surface area is 192 Å². The summed E-state index contributed by atoms with van der Waals surface area (Å²) in [6.07, 6.45) is 4.66. The van der Waals surface area contributed by atoms with Crippen molar-refractivity contribution in [1.82, 2.24) is 15.5 Å². The lowest BCUT2D eigenvalue weighted by Gasteiger charge is -2.13.